The van der Waals surface area contributed by atoms with E-state index in [1.165, 1.54) is 12.1 Å². The lowest BCUT2D eigenvalue weighted by Crippen LogP contribution is -2.37. The first-order valence-corrected chi connectivity index (χ1v) is 6.97. The fourth-order valence-electron chi connectivity index (χ4n) is 1.96. The summed E-state index contributed by atoms with van der Waals surface area (Å²) >= 11 is 0. The zero-order valence-corrected chi connectivity index (χ0v) is 12.4. The Hall–Kier alpha value is -1.75. The van der Waals surface area contributed by atoms with E-state index in [0.717, 1.165) is 12.5 Å². The van der Waals surface area contributed by atoms with Crippen molar-refractivity contribution in [3.63, 3.8) is 0 Å². The summed E-state index contributed by atoms with van der Waals surface area (Å²) in [6.07, 6.45) is 2.20. The molecule has 1 aromatic rings. The molecule has 3 nitrogen and oxygen atoms in total. The Morgan fingerprint density at radius 2 is 2.19 bits per heavy atom. The summed E-state index contributed by atoms with van der Waals surface area (Å²) in [5, 5.41) is 2.74. The van der Waals surface area contributed by atoms with Gasteiger partial charge in [-0.25, -0.2) is 8.78 Å². The predicted molar refractivity (Wildman–Crippen MR) is 77.8 cm³/mol. The lowest BCUT2D eigenvalue weighted by molar-refractivity contribution is -0.131. The fraction of sp³-hybridized carbons (Fsp3) is 0.438. The van der Waals surface area contributed by atoms with E-state index >= 15 is 0 Å². The number of ether oxygens (including phenoxy) is 1. The highest BCUT2D eigenvalue weighted by molar-refractivity contribution is 5.80. The molecule has 21 heavy (non-hydrogen) atoms. The molecule has 0 spiro atoms. The summed E-state index contributed by atoms with van der Waals surface area (Å²) in [6.45, 7) is 7.31. The van der Waals surface area contributed by atoms with Crippen LogP contribution >= 0.6 is 0 Å². The maximum Gasteiger partial charge on any atom is 0.249 e. The number of hydrogen-bond acceptors (Lipinski definition) is 2. The Kier molecular flexibility index (Phi) is 7.02. The zero-order valence-electron chi connectivity index (χ0n) is 12.4. The molecule has 1 amide bonds. The quantitative estimate of drug-likeness (QED) is 0.746. The van der Waals surface area contributed by atoms with Gasteiger partial charge in [0, 0.05) is 11.6 Å². The molecule has 0 bridgehead atoms. The van der Waals surface area contributed by atoms with Crippen LogP contribution in [0.15, 0.2) is 30.9 Å². The zero-order chi connectivity index (χ0) is 15.8. The second kappa shape index (κ2) is 8.52. The SMILES string of the molecule is C=CCO[C@@H](C)C(=O)N[C@H](CCC)c1ccc(F)cc1F. The number of amides is 1. The largest absolute Gasteiger partial charge is 0.365 e. The number of nitrogens with one attached hydrogen (secondary N) is 1. The minimum atomic E-state index is -0.661. The third-order valence-corrected chi connectivity index (χ3v) is 3.07. The number of carbonyl (C=O) groups excluding carboxylic acids is 1. The molecule has 0 aliphatic heterocycles. The van der Waals surface area contributed by atoms with E-state index < -0.39 is 23.8 Å². The third kappa shape index (κ3) is 5.27. The van der Waals surface area contributed by atoms with Crippen LogP contribution in [0.2, 0.25) is 0 Å². The molecule has 0 saturated heterocycles. The summed E-state index contributed by atoms with van der Waals surface area (Å²) in [4.78, 5) is 12.0. The minimum Gasteiger partial charge on any atom is -0.365 e. The molecule has 0 unspecified atom stereocenters. The average Bonchev–Trinajstić information content (AvgIpc) is 2.44. The van der Waals surface area contributed by atoms with Gasteiger partial charge in [0.05, 0.1) is 12.6 Å². The van der Waals surface area contributed by atoms with Gasteiger partial charge < -0.3 is 10.1 Å². The van der Waals surface area contributed by atoms with E-state index in [0.29, 0.717) is 6.42 Å². The normalized spacial score (nSPS) is 13.5. The number of hydrogen-bond donors (Lipinski definition) is 1. The van der Waals surface area contributed by atoms with E-state index in [4.69, 9.17) is 4.74 Å². The first-order chi connectivity index (χ1) is 9.99. The Bertz CT molecular complexity index is 491. The lowest BCUT2D eigenvalue weighted by Gasteiger charge is -2.21. The van der Waals surface area contributed by atoms with Crippen LogP contribution in [0.4, 0.5) is 8.78 Å². The summed E-state index contributed by atoms with van der Waals surface area (Å²) in [6, 6.07) is 2.87. The van der Waals surface area contributed by atoms with Crippen LogP contribution in [-0.2, 0) is 9.53 Å². The van der Waals surface area contributed by atoms with Crippen LogP contribution < -0.4 is 5.32 Å². The highest BCUT2D eigenvalue weighted by atomic mass is 19.1. The summed E-state index contributed by atoms with van der Waals surface area (Å²) in [7, 11) is 0. The molecule has 5 heteroatoms. The molecule has 116 valence electrons. The molecule has 0 radical (unpaired) electrons. The van der Waals surface area contributed by atoms with E-state index in [-0.39, 0.29) is 18.1 Å². The van der Waals surface area contributed by atoms with E-state index in [9.17, 15) is 13.6 Å². The van der Waals surface area contributed by atoms with Crippen molar-refractivity contribution in [2.24, 2.45) is 0 Å². The molecule has 1 aromatic carbocycles. The van der Waals surface area contributed by atoms with E-state index in [2.05, 4.69) is 11.9 Å². The van der Waals surface area contributed by atoms with Crippen molar-refractivity contribution in [2.45, 2.75) is 38.8 Å². The molecule has 2 atom stereocenters. The molecule has 1 rings (SSSR count). The molecule has 0 fully saturated rings. The standard InChI is InChI=1S/C16H21F2NO2/c1-4-6-15(13-8-7-12(17)10-14(13)18)19-16(20)11(3)21-9-5-2/h5,7-8,10-11,15H,2,4,6,9H2,1,3H3,(H,19,20)/t11-,15+/m0/s1. The van der Waals surface area contributed by atoms with Crippen LogP contribution in [0.5, 0.6) is 0 Å². The van der Waals surface area contributed by atoms with Crippen molar-refractivity contribution >= 4 is 5.91 Å². The van der Waals surface area contributed by atoms with Crippen LogP contribution in [-0.4, -0.2) is 18.6 Å². The molecule has 0 saturated carbocycles. The monoisotopic (exact) mass is 297 g/mol. The third-order valence-electron chi connectivity index (χ3n) is 3.07. The van der Waals surface area contributed by atoms with Gasteiger partial charge in [-0.2, -0.15) is 0 Å². The second-order valence-corrected chi connectivity index (χ2v) is 4.78. The van der Waals surface area contributed by atoms with Crippen molar-refractivity contribution < 1.29 is 18.3 Å². The van der Waals surface area contributed by atoms with Crippen LogP contribution in [0.25, 0.3) is 0 Å². The summed E-state index contributed by atoms with van der Waals surface area (Å²) < 4.78 is 32.0. The second-order valence-electron chi connectivity index (χ2n) is 4.78. The predicted octanol–water partition coefficient (Wildman–Crippen LogP) is 3.51. The Labute approximate surface area is 124 Å². The summed E-state index contributed by atoms with van der Waals surface area (Å²) in [5.74, 6) is -1.63. The molecule has 0 aromatic heterocycles. The number of benzene rings is 1. The number of halogens is 2. The van der Waals surface area contributed by atoms with Crippen LogP contribution in [0.3, 0.4) is 0 Å². The van der Waals surface area contributed by atoms with Crippen molar-refractivity contribution in [2.75, 3.05) is 6.61 Å². The van der Waals surface area contributed by atoms with E-state index in [1.54, 1.807) is 13.0 Å². The molecular formula is C16H21F2NO2. The number of carbonyl (C=O) groups is 1. The van der Waals surface area contributed by atoms with Crippen molar-refractivity contribution in [3.05, 3.63) is 48.1 Å². The maximum absolute atomic E-state index is 13.8. The Morgan fingerprint density at radius 1 is 1.48 bits per heavy atom. The molecule has 0 aliphatic rings. The fourth-order valence-corrected chi connectivity index (χ4v) is 1.96. The average molecular weight is 297 g/mol. The number of rotatable bonds is 8. The smallest absolute Gasteiger partial charge is 0.249 e. The minimum absolute atomic E-state index is 0.262. The van der Waals surface area contributed by atoms with Crippen LogP contribution in [0.1, 0.15) is 38.3 Å². The van der Waals surface area contributed by atoms with Gasteiger partial charge in [-0.05, 0) is 19.4 Å². The van der Waals surface area contributed by atoms with Gasteiger partial charge in [0.25, 0.3) is 0 Å². The maximum atomic E-state index is 13.8. The lowest BCUT2D eigenvalue weighted by atomic mass is 10.0. The van der Waals surface area contributed by atoms with Crippen molar-refractivity contribution in [1.29, 1.82) is 0 Å². The first-order valence-electron chi connectivity index (χ1n) is 6.97. The van der Waals surface area contributed by atoms with Gasteiger partial charge >= 0.3 is 0 Å². The van der Waals surface area contributed by atoms with E-state index in [1.807, 2.05) is 6.92 Å². The van der Waals surface area contributed by atoms with Gasteiger partial charge in [-0.15, -0.1) is 6.58 Å². The van der Waals surface area contributed by atoms with Gasteiger partial charge in [0.15, 0.2) is 0 Å². The molecular weight excluding hydrogens is 276 g/mol. The van der Waals surface area contributed by atoms with Crippen molar-refractivity contribution in [3.8, 4) is 0 Å². The summed E-state index contributed by atoms with van der Waals surface area (Å²) in [5.41, 5.74) is 0.280. The molecule has 1 N–H and O–H groups in total. The van der Waals surface area contributed by atoms with Gasteiger partial charge in [-0.1, -0.05) is 25.5 Å². The van der Waals surface area contributed by atoms with Crippen molar-refractivity contribution in [1.82, 2.24) is 5.32 Å². The highest BCUT2D eigenvalue weighted by Crippen LogP contribution is 2.22. The Morgan fingerprint density at radius 3 is 2.76 bits per heavy atom. The highest BCUT2D eigenvalue weighted by Gasteiger charge is 2.21. The molecule has 0 aliphatic carbocycles. The molecule has 0 heterocycles. The Balaban J connectivity index is 2.81. The van der Waals surface area contributed by atoms with Gasteiger partial charge in [0.2, 0.25) is 5.91 Å². The van der Waals surface area contributed by atoms with Gasteiger partial charge in [-0.3, -0.25) is 4.79 Å². The first kappa shape index (κ1) is 17.3. The topological polar surface area (TPSA) is 38.3 Å². The van der Waals surface area contributed by atoms with Crippen LogP contribution in [0, 0.1) is 11.6 Å². The van der Waals surface area contributed by atoms with Gasteiger partial charge in [0.1, 0.15) is 17.7 Å².